The zero-order valence-corrected chi connectivity index (χ0v) is 10.3. The summed E-state index contributed by atoms with van der Waals surface area (Å²) < 4.78 is 0. The van der Waals surface area contributed by atoms with E-state index in [9.17, 15) is 0 Å². The molecule has 1 atom stereocenters. The zero-order valence-electron chi connectivity index (χ0n) is 10.3. The molecule has 0 saturated carbocycles. The van der Waals surface area contributed by atoms with E-state index in [2.05, 4.69) is 25.7 Å². The van der Waals surface area contributed by atoms with Crippen LogP contribution in [0.1, 0.15) is 59.3 Å². The van der Waals surface area contributed by atoms with Crippen LogP contribution in [0, 0.1) is 5.92 Å². The van der Waals surface area contributed by atoms with Crippen LogP contribution in [-0.4, -0.2) is 24.0 Å². The Hall–Kier alpha value is -0.0400. The highest BCUT2D eigenvalue weighted by Crippen LogP contribution is 2.16. The first-order valence-corrected chi connectivity index (χ1v) is 6.46. The summed E-state index contributed by atoms with van der Waals surface area (Å²) in [5, 5.41) is 0. The normalized spacial score (nSPS) is 24.0. The molecule has 1 unspecified atom stereocenters. The van der Waals surface area contributed by atoms with Crippen molar-refractivity contribution in [3.05, 3.63) is 0 Å². The van der Waals surface area contributed by atoms with E-state index in [0.717, 1.165) is 12.0 Å². The van der Waals surface area contributed by atoms with Crippen molar-refractivity contribution in [1.82, 2.24) is 4.90 Å². The third-order valence-electron chi connectivity index (χ3n) is 3.68. The first-order chi connectivity index (χ1) is 6.72. The number of nitrogens with zero attached hydrogens (tertiary/aromatic N) is 1. The van der Waals surface area contributed by atoms with Crippen molar-refractivity contribution in [2.24, 2.45) is 5.92 Å². The molecule has 0 aromatic carbocycles. The molecule has 1 saturated heterocycles. The Labute approximate surface area is 89.9 Å². The van der Waals surface area contributed by atoms with E-state index in [1.165, 1.54) is 51.6 Å². The third kappa shape index (κ3) is 4.00. The van der Waals surface area contributed by atoms with Crippen LogP contribution in [0.2, 0.25) is 0 Å². The Morgan fingerprint density at radius 2 is 1.14 bits per heavy atom. The minimum atomic E-state index is 0.771. The van der Waals surface area contributed by atoms with Crippen LogP contribution >= 0.6 is 0 Å². The molecule has 0 aromatic rings. The quantitative estimate of drug-likeness (QED) is 0.652. The van der Waals surface area contributed by atoms with Gasteiger partial charge in [-0.15, -0.1) is 0 Å². The van der Waals surface area contributed by atoms with Gasteiger partial charge in [0, 0.05) is 6.04 Å². The van der Waals surface area contributed by atoms with Crippen LogP contribution in [-0.2, 0) is 0 Å². The average molecular weight is 197 g/mol. The van der Waals surface area contributed by atoms with Gasteiger partial charge in [0.15, 0.2) is 0 Å². The van der Waals surface area contributed by atoms with Crippen molar-refractivity contribution in [2.45, 2.75) is 65.3 Å². The molecular weight excluding hydrogens is 170 g/mol. The topological polar surface area (TPSA) is 3.24 Å². The van der Waals surface area contributed by atoms with Crippen LogP contribution in [0.15, 0.2) is 0 Å². The molecule has 14 heavy (non-hydrogen) atoms. The predicted molar refractivity (Wildman–Crippen MR) is 63.6 cm³/mol. The van der Waals surface area contributed by atoms with Gasteiger partial charge in [-0.25, -0.2) is 0 Å². The monoisotopic (exact) mass is 197 g/mol. The molecule has 0 N–H and O–H groups in total. The highest BCUT2D eigenvalue weighted by Gasteiger charge is 2.16. The van der Waals surface area contributed by atoms with E-state index in [0.29, 0.717) is 0 Å². The molecule has 1 aliphatic heterocycles. The minimum Gasteiger partial charge on any atom is -0.300 e. The molecule has 0 aliphatic carbocycles. The van der Waals surface area contributed by atoms with Gasteiger partial charge in [-0.05, 0) is 38.8 Å². The first-order valence-electron chi connectivity index (χ1n) is 6.46. The van der Waals surface area contributed by atoms with E-state index in [1.807, 2.05) is 0 Å². The molecule has 1 heterocycles. The summed E-state index contributed by atoms with van der Waals surface area (Å²) in [6, 6.07) is 0.771. The predicted octanol–water partition coefficient (Wildman–Crippen LogP) is 3.69. The van der Waals surface area contributed by atoms with Crippen molar-refractivity contribution >= 4 is 0 Å². The second kappa shape index (κ2) is 6.44. The van der Waals surface area contributed by atoms with E-state index in [-0.39, 0.29) is 0 Å². The second-order valence-corrected chi connectivity index (χ2v) is 5.14. The minimum absolute atomic E-state index is 0.771. The van der Waals surface area contributed by atoms with Crippen molar-refractivity contribution in [1.29, 1.82) is 0 Å². The molecule has 0 aromatic heterocycles. The lowest BCUT2D eigenvalue weighted by molar-refractivity contribution is 0.165. The van der Waals surface area contributed by atoms with Crippen molar-refractivity contribution in [3.8, 4) is 0 Å². The van der Waals surface area contributed by atoms with Crippen LogP contribution in [0.3, 0.4) is 0 Å². The summed E-state index contributed by atoms with van der Waals surface area (Å²) in [4.78, 5) is 2.70. The van der Waals surface area contributed by atoms with Crippen LogP contribution < -0.4 is 0 Å². The van der Waals surface area contributed by atoms with E-state index < -0.39 is 0 Å². The van der Waals surface area contributed by atoms with Gasteiger partial charge in [-0.2, -0.15) is 0 Å². The van der Waals surface area contributed by atoms with E-state index in [1.54, 1.807) is 0 Å². The zero-order chi connectivity index (χ0) is 10.4. The van der Waals surface area contributed by atoms with Gasteiger partial charge in [0.1, 0.15) is 0 Å². The lowest BCUT2D eigenvalue weighted by Crippen LogP contribution is -2.38. The summed E-state index contributed by atoms with van der Waals surface area (Å²) in [5.41, 5.74) is 0. The number of hydrogen-bond acceptors (Lipinski definition) is 1. The molecule has 1 heteroatoms. The maximum absolute atomic E-state index is 2.70. The summed E-state index contributed by atoms with van der Waals surface area (Å²) in [5.74, 6) is 0.802. The SMILES string of the molecule is CC(C)C(C)N1CCCCCCCC1. The Bertz CT molecular complexity index is 132. The van der Waals surface area contributed by atoms with Crippen LogP contribution in [0.5, 0.6) is 0 Å². The molecule has 1 rings (SSSR count). The maximum Gasteiger partial charge on any atom is 0.00899 e. The Kier molecular flexibility index (Phi) is 5.54. The molecule has 0 bridgehead atoms. The highest BCUT2D eigenvalue weighted by atomic mass is 15.1. The van der Waals surface area contributed by atoms with Gasteiger partial charge in [0.25, 0.3) is 0 Å². The van der Waals surface area contributed by atoms with E-state index >= 15 is 0 Å². The van der Waals surface area contributed by atoms with Crippen LogP contribution in [0.4, 0.5) is 0 Å². The van der Waals surface area contributed by atoms with E-state index in [4.69, 9.17) is 0 Å². The molecular formula is C13H27N. The van der Waals surface area contributed by atoms with Crippen molar-refractivity contribution < 1.29 is 0 Å². The molecule has 0 spiro atoms. The Morgan fingerprint density at radius 1 is 0.714 bits per heavy atom. The van der Waals surface area contributed by atoms with Gasteiger partial charge in [0.05, 0.1) is 0 Å². The summed E-state index contributed by atoms with van der Waals surface area (Å²) >= 11 is 0. The van der Waals surface area contributed by atoms with Gasteiger partial charge in [-0.3, -0.25) is 0 Å². The highest BCUT2D eigenvalue weighted by molar-refractivity contribution is 4.71. The van der Waals surface area contributed by atoms with Gasteiger partial charge in [-0.1, -0.05) is 39.5 Å². The molecule has 1 aliphatic rings. The average Bonchev–Trinajstić information content (AvgIpc) is 2.29. The molecule has 0 amide bonds. The fraction of sp³-hybridized carbons (Fsp3) is 1.00. The fourth-order valence-corrected chi connectivity index (χ4v) is 2.28. The van der Waals surface area contributed by atoms with Gasteiger partial charge < -0.3 is 4.90 Å². The second-order valence-electron chi connectivity index (χ2n) is 5.14. The number of rotatable bonds is 2. The Morgan fingerprint density at radius 3 is 1.57 bits per heavy atom. The van der Waals surface area contributed by atoms with Gasteiger partial charge in [0.2, 0.25) is 0 Å². The largest absolute Gasteiger partial charge is 0.300 e. The van der Waals surface area contributed by atoms with Crippen LogP contribution in [0.25, 0.3) is 0 Å². The van der Waals surface area contributed by atoms with Gasteiger partial charge >= 0.3 is 0 Å². The van der Waals surface area contributed by atoms with Crippen molar-refractivity contribution in [3.63, 3.8) is 0 Å². The Balaban J connectivity index is 2.39. The standard InChI is InChI=1S/C13H27N/c1-12(2)13(3)14-10-8-6-4-5-7-9-11-14/h12-13H,4-11H2,1-3H3. The molecule has 1 nitrogen and oxygen atoms in total. The summed E-state index contributed by atoms with van der Waals surface area (Å²) in [7, 11) is 0. The third-order valence-corrected chi connectivity index (χ3v) is 3.68. The first kappa shape index (κ1) is 12.0. The molecule has 0 radical (unpaired) electrons. The number of hydrogen-bond donors (Lipinski definition) is 0. The molecule has 1 fully saturated rings. The molecule has 84 valence electrons. The summed E-state index contributed by atoms with van der Waals surface area (Å²) in [6.45, 7) is 9.75. The lowest BCUT2D eigenvalue weighted by Gasteiger charge is -2.31. The van der Waals surface area contributed by atoms with Crippen molar-refractivity contribution in [2.75, 3.05) is 13.1 Å². The smallest absolute Gasteiger partial charge is 0.00899 e. The fourth-order valence-electron chi connectivity index (χ4n) is 2.28. The summed E-state index contributed by atoms with van der Waals surface area (Å²) in [6.07, 6.45) is 8.64. The maximum atomic E-state index is 2.70. The lowest BCUT2D eigenvalue weighted by atomic mass is 10.0.